The van der Waals surface area contributed by atoms with E-state index in [-0.39, 0.29) is 11.4 Å². The molecule has 3 aromatic rings. The van der Waals surface area contributed by atoms with E-state index in [2.05, 4.69) is 49.7 Å². The Labute approximate surface area is 209 Å². The first kappa shape index (κ1) is 26.2. The molecule has 0 aliphatic rings. The highest BCUT2D eigenvalue weighted by Crippen LogP contribution is 2.15. The summed E-state index contributed by atoms with van der Waals surface area (Å²) in [7, 11) is 0. The summed E-state index contributed by atoms with van der Waals surface area (Å²) in [4.78, 5) is 0. The fourth-order valence-electron chi connectivity index (χ4n) is 3.86. The molecule has 2 heteroatoms. The second-order valence-corrected chi connectivity index (χ2v) is 8.97. The highest BCUT2D eigenvalue weighted by atomic mass is 19.1. The van der Waals surface area contributed by atoms with Gasteiger partial charge in [-0.2, -0.15) is 0 Å². The van der Waals surface area contributed by atoms with Crippen LogP contribution in [0.2, 0.25) is 0 Å². The molecule has 0 bridgehead atoms. The average molecular weight is 469 g/mol. The van der Waals surface area contributed by atoms with Crippen LogP contribution < -0.4 is 0 Å². The third-order valence-electron chi connectivity index (χ3n) is 6.04. The molecule has 3 aromatic carbocycles. The summed E-state index contributed by atoms with van der Waals surface area (Å²) in [5.41, 5.74) is 4.34. The molecular formula is C33H34F2. The number of unbranched alkanes of at least 4 members (excludes halogenated alkanes) is 5. The molecule has 0 nitrogen and oxygen atoms in total. The standard InChI is InChI=1S/C33H34F2/c1-3-5-7-8-9-11-30-21-18-29(25-32(30)34)20-23-31-22-19-28(24-33(31)35)17-16-27-14-12-26(13-15-27)10-6-4-2/h12-15,18-19,21-22,24-25H,3-11H2,1-2H3. The Morgan fingerprint density at radius 3 is 1.83 bits per heavy atom. The van der Waals surface area contributed by atoms with Crippen LogP contribution >= 0.6 is 0 Å². The molecule has 0 spiro atoms. The molecule has 35 heavy (non-hydrogen) atoms. The van der Waals surface area contributed by atoms with Crippen molar-refractivity contribution in [2.24, 2.45) is 0 Å². The number of hydrogen-bond donors (Lipinski definition) is 0. The lowest BCUT2D eigenvalue weighted by Gasteiger charge is -2.04. The van der Waals surface area contributed by atoms with Crippen LogP contribution in [0.4, 0.5) is 8.78 Å². The van der Waals surface area contributed by atoms with E-state index in [9.17, 15) is 8.78 Å². The number of benzene rings is 3. The lowest BCUT2D eigenvalue weighted by atomic mass is 10.0. The highest BCUT2D eigenvalue weighted by molar-refractivity contribution is 5.49. The predicted molar refractivity (Wildman–Crippen MR) is 142 cm³/mol. The van der Waals surface area contributed by atoms with Crippen LogP contribution in [0.25, 0.3) is 0 Å². The molecule has 0 aliphatic carbocycles. The number of halogens is 2. The molecule has 0 fully saturated rings. The van der Waals surface area contributed by atoms with Gasteiger partial charge in [-0.3, -0.25) is 0 Å². The van der Waals surface area contributed by atoms with Gasteiger partial charge in [-0.25, -0.2) is 8.78 Å². The predicted octanol–water partition coefficient (Wildman–Crippen LogP) is 8.62. The van der Waals surface area contributed by atoms with Crippen LogP contribution in [0.5, 0.6) is 0 Å². The SMILES string of the molecule is CCCCCCCc1ccc(C#Cc2ccc(C#Cc3ccc(CCCC)cc3)cc2F)cc1F. The van der Waals surface area contributed by atoms with Crippen LogP contribution in [-0.4, -0.2) is 0 Å². The fourth-order valence-corrected chi connectivity index (χ4v) is 3.86. The molecule has 0 saturated heterocycles. The zero-order chi connectivity index (χ0) is 24.9. The molecule has 0 radical (unpaired) electrons. The molecule has 3 rings (SSSR count). The van der Waals surface area contributed by atoms with Crippen molar-refractivity contribution in [3.05, 3.63) is 106 Å². The molecule has 0 atom stereocenters. The summed E-state index contributed by atoms with van der Waals surface area (Å²) >= 11 is 0. The summed E-state index contributed by atoms with van der Waals surface area (Å²) in [6.45, 7) is 4.37. The first-order valence-corrected chi connectivity index (χ1v) is 12.8. The van der Waals surface area contributed by atoms with Crippen LogP contribution in [0.1, 0.15) is 92.2 Å². The normalized spacial score (nSPS) is 10.3. The average Bonchev–Trinajstić information content (AvgIpc) is 2.87. The maximum absolute atomic E-state index is 14.6. The summed E-state index contributed by atoms with van der Waals surface area (Å²) in [5.74, 6) is 11.2. The largest absolute Gasteiger partial charge is 0.207 e. The summed E-state index contributed by atoms with van der Waals surface area (Å²) in [5, 5.41) is 0. The maximum atomic E-state index is 14.6. The van der Waals surface area contributed by atoms with Crippen LogP contribution in [0, 0.1) is 35.3 Å². The van der Waals surface area contributed by atoms with Gasteiger partial charge in [-0.1, -0.05) is 87.8 Å². The zero-order valence-corrected chi connectivity index (χ0v) is 20.9. The van der Waals surface area contributed by atoms with E-state index in [1.54, 1.807) is 18.2 Å². The number of aryl methyl sites for hydroxylation is 2. The lowest BCUT2D eigenvalue weighted by Crippen LogP contribution is -1.92. The Morgan fingerprint density at radius 2 is 1.14 bits per heavy atom. The van der Waals surface area contributed by atoms with Crippen LogP contribution in [0.3, 0.4) is 0 Å². The van der Waals surface area contributed by atoms with E-state index in [0.29, 0.717) is 11.1 Å². The number of hydrogen-bond acceptors (Lipinski definition) is 0. The Morgan fingerprint density at radius 1 is 0.543 bits per heavy atom. The smallest absolute Gasteiger partial charge is 0.140 e. The summed E-state index contributed by atoms with van der Waals surface area (Å²) < 4.78 is 29.0. The minimum absolute atomic E-state index is 0.239. The van der Waals surface area contributed by atoms with Gasteiger partial charge in [0.25, 0.3) is 0 Å². The molecule has 0 aliphatic heterocycles. The van der Waals surface area contributed by atoms with Crippen molar-refractivity contribution >= 4 is 0 Å². The first-order chi connectivity index (χ1) is 17.1. The molecule has 0 aromatic heterocycles. The molecular weight excluding hydrogens is 434 g/mol. The molecule has 0 heterocycles. The topological polar surface area (TPSA) is 0 Å². The molecule has 0 saturated carbocycles. The summed E-state index contributed by atoms with van der Waals surface area (Å²) in [6, 6.07) is 18.0. The summed E-state index contributed by atoms with van der Waals surface area (Å²) in [6.07, 6.45) is 9.92. The first-order valence-electron chi connectivity index (χ1n) is 12.8. The van der Waals surface area contributed by atoms with Gasteiger partial charge >= 0.3 is 0 Å². The Kier molecular flexibility index (Phi) is 10.6. The second-order valence-electron chi connectivity index (χ2n) is 8.97. The van der Waals surface area contributed by atoms with Crippen molar-refractivity contribution in [1.82, 2.24) is 0 Å². The lowest BCUT2D eigenvalue weighted by molar-refractivity contribution is 0.587. The van der Waals surface area contributed by atoms with Gasteiger partial charge < -0.3 is 0 Å². The van der Waals surface area contributed by atoms with Crippen molar-refractivity contribution in [2.75, 3.05) is 0 Å². The van der Waals surface area contributed by atoms with E-state index < -0.39 is 5.82 Å². The van der Waals surface area contributed by atoms with Gasteiger partial charge in [0, 0.05) is 16.7 Å². The van der Waals surface area contributed by atoms with E-state index in [0.717, 1.165) is 36.8 Å². The van der Waals surface area contributed by atoms with Crippen molar-refractivity contribution in [2.45, 2.75) is 71.6 Å². The maximum Gasteiger partial charge on any atom is 0.140 e. The van der Waals surface area contributed by atoms with Crippen LogP contribution in [-0.2, 0) is 12.8 Å². The third-order valence-corrected chi connectivity index (χ3v) is 6.04. The van der Waals surface area contributed by atoms with Crippen molar-refractivity contribution in [3.8, 4) is 23.7 Å². The van der Waals surface area contributed by atoms with Crippen molar-refractivity contribution in [1.29, 1.82) is 0 Å². The van der Waals surface area contributed by atoms with Gasteiger partial charge in [0.15, 0.2) is 0 Å². The number of rotatable bonds is 9. The van der Waals surface area contributed by atoms with Crippen molar-refractivity contribution < 1.29 is 8.78 Å². The molecule has 180 valence electrons. The Hall–Kier alpha value is -3.36. The minimum atomic E-state index is -0.427. The Balaban J connectivity index is 1.62. The molecule has 0 amide bonds. The van der Waals surface area contributed by atoms with Crippen molar-refractivity contribution in [3.63, 3.8) is 0 Å². The molecule has 0 N–H and O–H groups in total. The van der Waals surface area contributed by atoms with E-state index in [1.807, 2.05) is 18.2 Å². The minimum Gasteiger partial charge on any atom is -0.207 e. The highest BCUT2D eigenvalue weighted by Gasteiger charge is 2.04. The quantitative estimate of drug-likeness (QED) is 0.218. The van der Waals surface area contributed by atoms with Gasteiger partial charge in [0.2, 0.25) is 0 Å². The van der Waals surface area contributed by atoms with E-state index >= 15 is 0 Å². The molecule has 0 unspecified atom stereocenters. The van der Waals surface area contributed by atoms with E-state index in [1.165, 1.54) is 49.8 Å². The second kappa shape index (κ2) is 14.1. The van der Waals surface area contributed by atoms with E-state index in [4.69, 9.17) is 0 Å². The van der Waals surface area contributed by atoms with Gasteiger partial charge in [-0.15, -0.1) is 0 Å². The monoisotopic (exact) mass is 468 g/mol. The zero-order valence-electron chi connectivity index (χ0n) is 20.9. The van der Waals surface area contributed by atoms with Gasteiger partial charge in [0.05, 0.1) is 5.56 Å². The van der Waals surface area contributed by atoms with Crippen LogP contribution in [0.15, 0.2) is 60.7 Å². The van der Waals surface area contributed by atoms with Gasteiger partial charge in [0.1, 0.15) is 11.6 Å². The fraction of sp³-hybridized carbons (Fsp3) is 0.333. The van der Waals surface area contributed by atoms with Gasteiger partial charge in [-0.05, 0) is 79.3 Å². The Bertz CT molecular complexity index is 1210. The third kappa shape index (κ3) is 8.73.